The van der Waals surface area contributed by atoms with Crippen LogP contribution in [-0.2, 0) is 4.74 Å². The van der Waals surface area contributed by atoms with E-state index in [1.54, 1.807) is 37.3 Å². The molecule has 22 heavy (non-hydrogen) atoms. The third-order valence-corrected chi connectivity index (χ3v) is 2.84. The van der Waals surface area contributed by atoms with E-state index in [1.807, 2.05) is 18.2 Å². The Hall–Kier alpha value is -3.02. The number of carbonyl (C=O) groups is 2. The van der Waals surface area contributed by atoms with E-state index in [4.69, 9.17) is 4.74 Å². The normalized spacial score (nSPS) is 9.73. The number of anilines is 2. The van der Waals surface area contributed by atoms with Crippen molar-refractivity contribution >= 4 is 23.6 Å². The van der Waals surface area contributed by atoms with Gasteiger partial charge in [0.15, 0.2) is 0 Å². The van der Waals surface area contributed by atoms with Crippen molar-refractivity contribution in [3.8, 4) is 5.75 Å². The van der Waals surface area contributed by atoms with E-state index >= 15 is 0 Å². The van der Waals surface area contributed by atoms with Gasteiger partial charge in [0, 0.05) is 17.4 Å². The van der Waals surface area contributed by atoms with Crippen molar-refractivity contribution < 1.29 is 19.1 Å². The molecule has 2 N–H and O–H groups in total. The molecule has 0 unspecified atom stereocenters. The van der Waals surface area contributed by atoms with Crippen LogP contribution < -0.4 is 15.4 Å². The molecule has 0 atom stereocenters. The average molecular weight is 300 g/mol. The second kappa shape index (κ2) is 7.12. The lowest BCUT2D eigenvalue weighted by Crippen LogP contribution is -2.17. The van der Waals surface area contributed by atoms with Crippen LogP contribution in [0.25, 0.3) is 0 Å². The first kappa shape index (κ1) is 15.4. The summed E-state index contributed by atoms with van der Waals surface area (Å²) in [5, 5.41) is 5.13. The Balaban J connectivity index is 2.06. The van der Waals surface area contributed by atoms with Gasteiger partial charge in [0.25, 0.3) is 0 Å². The van der Waals surface area contributed by atoms with Crippen LogP contribution in [0.1, 0.15) is 5.56 Å². The van der Waals surface area contributed by atoms with E-state index in [0.29, 0.717) is 17.1 Å². The highest BCUT2D eigenvalue weighted by Crippen LogP contribution is 2.23. The number of nitrogens with one attached hydrogen (secondary N) is 2. The van der Waals surface area contributed by atoms with Crippen LogP contribution in [0.3, 0.4) is 0 Å². The molecular weight excluding hydrogens is 284 g/mol. The van der Waals surface area contributed by atoms with Crippen LogP contribution >= 0.6 is 0 Å². The lowest BCUT2D eigenvalue weighted by molar-refractivity contribution is 0.187. The van der Waals surface area contributed by atoms with Crippen molar-refractivity contribution in [2.45, 2.75) is 6.92 Å². The summed E-state index contributed by atoms with van der Waals surface area (Å²) >= 11 is 0. The first-order valence-electron chi connectivity index (χ1n) is 6.58. The monoisotopic (exact) mass is 300 g/mol. The standard InChI is InChI=1S/C16H16N2O4/c1-11-8-9-13(18-15(19)21-2)10-14(11)22-16(20)17-12-6-4-3-5-7-12/h3-10H,1-2H3,(H,17,20)(H,18,19). The molecule has 0 aliphatic carbocycles. The average Bonchev–Trinajstić information content (AvgIpc) is 2.51. The molecule has 2 aromatic carbocycles. The van der Waals surface area contributed by atoms with Gasteiger partial charge >= 0.3 is 12.2 Å². The van der Waals surface area contributed by atoms with Gasteiger partial charge in [0.05, 0.1) is 7.11 Å². The number of hydrogen-bond acceptors (Lipinski definition) is 4. The summed E-state index contributed by atoms with van der Waals surface area (Å²) in [6.45, 7) is 1.80. The van der Waals surface area contributed by atoms with Gasteiger partial charge in [0.2, 0.25) is 0 Å². The van der Waals surface area contributed by atoms with Crippen molar-refractivity contribution in [1.82, 2.24) is 0 Å². The third kappa shape index (κ3) is 4.24. The molecule has 6 nitrogen and oxygen atoms in total. The minimum absolute atomic E-state index is 0.349. The lowest BCUT2D eigenvalue weighted by atomic mass is 10.2. The number of methoxy groups -OCH3 is 1. The molecule has 6 heteroatoms. The third-order valence-electron chi connectivity index (χ3n) is 2.84. The number of hydrogen-bond donors (Lipinski definition) is 2. The molecule has 0 fully saturated rings. The fourth-order valence-electron chi connectivity index (χ4n) is 1.72. The topological polar surface area (TPSA) is 76.7 Å². The largest absolute Gasteiger partial charge is 0.453 e. The Morgan fingerprint density at radius 2 is 1.59 bits per heavy atom. The highest BCUT2D eigenvalue weighted by Gasteiger charge is 2.09. The van der Waals surface area contributed by atoms with Gasteiger partial charge in [-0.05, 0) is 30.7 Å². The van der Waals surface area contributed by atoms with Crippen LogP contribution in [0.15, 0.2) is 48.5 Å². The first-order valence-corrected chi connectivity index (χ1v) is 6.58. The highest BCUT2D eigenvalue weighted by atomic mass is 16.6. The lowest BCUT2D eigenvalue weighted by Gasteiger charge is -2.11. The van der Waals surface area contributed by atoms with E-state index in [1.165, 1.54) is 7.11 Å². The van der Waals surface area contributed by atoms with Crippen LogP contribution in [-0.4, -0.2) is 19.3 Å². The molecule has 114 valence electrons. The Morgan fingerprint density at radius 3 is 2.27 bits per heavy atom. The van der Waals surface area contributed by atoms with Gasteiger partial charge in [-0.15, -0.1) is 0 Å². The zero-order valence-electron chi connectivity index (χ0n) is 12.3. The maximum atomic E-state index is 11.9. The molecule has 0 aromatic heterocycles. The van der Waals surface area contributed by atoms with Crippen molar-refractivity contribution in [3.05, 3.63) is 54.1 Å². The summed E-state index contributed by atoms with van der Waals surface area (Å²) in [6, 6.07) is 13.9. The van der Waals surface area contributed by atoms with Gasteiger partial charge in [-0.1, -0.05) is 24.3 Å². The summed E-state index contributed by atoms with van der Waals surface area (Å²) in [7, 11) is 1.27. The number of benzene rings is 2. The van der Waals surface area contributed by atoms with Crippen LogP contribution in [0.2, 0.25) is 0 Å². The Bertz CT molecular complexity index is 671. The van der Waals surface area contributed by atoms with Crippen molar-refractivity contribution in [2.75, 3.05) is 17.7 Å². The van der Waals surface area contributed by atoms with E-state index in [2.05, 4.69) is 15.4 Å². The quantitative estimate of drug-likeness (QED) is 0.904. The summed E-state index contributed by atoms with van der Waals surface area (Å²) in [6.07, 6.45) is -1.20. The fraction of sp³-hybridized carbons (Fsp3) is 0.125. The van der Waals surface area contributed by atoms with Gasteiger partial charge in [0.1, 0.15) is 5.75 Å². The van der Waals surface area contributed by atoms with Crippen LogP contribution in [0.4, 0.5) is 21.0 Å². The maximum Gasteiger partial charge on any atom is 0.417 e. The SMILES string of the molecule is COC(=O)Nc1ccc(C)c(OC(=O)Nc2ccccc2)c1. The molecule has 0 spiro atoms. The zero-order valence-corrected chi connectivity index (χ0v) is 12.3. The molecule has 0 saturated carbocycles. The Morgan fingerprint density at radius 1 is 0.909 bits per heavy atom. The van der Waals surface area contributed by atoms with Crippen LogP contribution in [0.5, 0.6) is 5.75 Å². The second-order valence-corrected chi connectivity index (χ2v) is 4.48. The molecule has 0 saturated heterocycles. The molecule has 0 aliphatic heterocycles. The maximum absolute atomic E-state index is 11.9. The second-order valence-electron chi connectivity index (χ2n) is 4.48. The van der Waals surface area contributed by atoms with Crippen molar-refractivity contribution in [3.63, 3.8) is 0 Å². The molecule has 0 radical (unpaired) electrons. The Kier molecular flexibility index (Phi) is 4.98. The van der Waals surface area contributed by atoms with Crippen molar-refractivity contribution in [2.24, 2.45) is 0 Å². The van der Waals surface area contributed by atoms with E-state index in [0.717, 1.165) is 5.56 Å². The summed E-state index contributed by atoms with van der Waals surface area (Å²) in [5.41, 5.74) is 1.87. The highest BCUT2D eigenvalue weighted by molar-refractivity contribution is 5.87. The van der Waals surface area contributed by atoms with Gasteiger partial charge in [-0.2, -0.15) is 0 Å². The molecule has 2 amide bonds. The number of carbonyl (C=O) groups excluding carboxylic acids is 2. The minimum atomic E-state index is -0.607. The predicted octanol–water partition coefficient (Wildman–Crippen LogP) is 3.78. The molecular formula is C16H16N2O4. The van der Waals surface area contributed by atoms with Gasteiger partial charge in [-0.25, -0.2) is 9.59 Å². The first-order chi connectivity index (χ1) is 10.6. The van der Waals surface area contributed by atoms with E-state index < -0.39 is 12.2 Å². The molecule has 2 aromatic rings. The molecule has 2 rings (SSSR count). The number of aryl methyl sites for hydroxylation is 1. The van der Waals surface area contributed by atoms with Crippen molar-refractivity contribution in [1.29, 1.82) is 0 Å². The van der Waals surface area contributed by atoms with Gasteiger partial charge < -0.3 is 9.47 Å². The Labute approximate surface area is 128 Å². The van der Waals surface area contributed by atoms with Crippen LogP contribution in [0, 0.1) is 6.92 Å². The predicted molar refractivity (Wildman–Crippen MR) is 83.3 cm³/mol. The molecule has 0 heterocycles. The number of ether oxygens (including phenoxy) is 2. The fourth-order valence-corrected chi connectivity index (χ4v) is 1.72. The van der Waals surface area contributed by atoms with E-state index in [9.17, 15) is 9.59 Å². The number of amides is 2. The molecule has 0 bridgehead atoms. The number of para-hydroxylation sites is 1. The molecule has 0 aliphatic rings. The zero-order chi connectivity index (χ0) is 15.9. The van der Waals surface area contributed by atoms with Gasteiger partial charge in [-0.3, -0.25) is 10.6 Å². The summed E-state index contributed by atoms with van der Waals surface area (Å²) < 4.78 is 9.78. The summed E-state index contributed by atoms with van der Waals surface area (Å²) in [4.78, 5) is 23.1. The summed E-state index contributed by atoms with van der Waals surface area (Å²) in [5.74, 6) is 0.349. The minimum Gasteiger partial charge on any atom is -0.453 e. The number of rotatable bonds is 3. The van der Waals surface area contributed by atoms with E-state index in [-0.39, 0.29) is 0 Å². The smallest absolute Gasteiger partial charge is 0.417 e.